The smallest absolute Gasteiger partial charge is 0.293 e. The molecule has 4 nitrogen and oxygen atoms in total. The van der Waals surface area contributed by atoms with E-state index < -0.39 is 0 Å². The second kappa shape index (κ2) is 6.60. The largest absolute Gasteiger partial charge is 0.379 e. The summed E-state index contributed by atoms with van der Waals surface area (Å²) in [5.74, 6) is 3.06. The van der Waals surface area contributed by atoms with Gasteiger partial charge < -0.3 is 5.32 Å². The number of rotatable bonds is 4. The summed E-state index contributed by atoms with van der Waals surface area (Å²) < 4.78 is 0.888. The Bertz CT molecular complexity index is 436. The third kappa shape index (κ3) is 3.74. The van der Waals surface area contributed by atoms with E-state index in [0.29, 0.717) is 11.6 Å². The topological polar surface area (TPSA) is 55.2 Å². The van der Waals surface area contributed by atoms with E-state index in [0.717, 1.165) is 10.1 Å². The second-order valence-electron chi connectivity index (χ2n) is 4.36. The maximum Gasteiger partial charge on any atom is 0.293 e. The van der Waals surface area contributed by atoms with Crippen LogP contribution in [0.15, 0.2) is 18.2 Å². The van der Waals surface area contributed by atoms with Crippen LogP contribution in [0.1, 0.15) is 12.8 Å². The van der Waals surface area contributed by atoms with E-state index in [1.165, 1.54) is 24.3 Å². The van der Waals surface area contributed by atoms with Crippen molar-refractivity contribution >= 4 is 45.7 Å². The molecule has 98 valence electrons. The fourth-order valence-corrected chi connectivity index (χ4v) is 3.69. The summed E-state index contributed by atoms with van der Waals surface area (Å²) in [6.45, 7) is 0.835. The lowest BCUT2D eigenvalue weighted by Gasteiger charge is -2.21. The number of nitrogens with one attached hydrogen (secondary N) is 1. The molecule has 6 heteroatoms. The van der Waals surface area contributed by atoms with Crippen molar-refractivity contribution in [1.29, 1.82) is 0 Å². The predicted octanol–water partition coefficient (Wildman–Crippen LogP) is 3.75. The SMILES string of the molecule is O=[N+]([O-])c1cc(I)ccc1NCC1CCSCC1. The zero-order valence-electron chi connectivity index (χ0n) is 9.89. The number of thioether (sulfide) groups is 1. The molecular weight excluding hydrogens is 363 g/mol. The van der Waals surface area contributed by atoms with Crippen molar-refractivity contribution in [3.05, 3.63) is 31.9 Å². The molecule has 0 unspecified atom stereocenters. The van der Waals surface area contributed by atoms with E-state index in [-0.39, 0.29) is 10.6 Å². The van der Waals surface area contributed by atoms with E-state index in [2.05, 4.69) is 27.9 Å². The van der Waals surface area contributed by atoms with E-state index in [9.17, 15) is 10.1 Å². The zero-order chi connectivity index (χ0) is 13.0. The minimum Gasteiger partial charge on any atom is -0.379 e. The molecule has 1 aliphatic rings. The minimum absolute atomic E-state index is 0.173. The number of nitrogens with zero attached hydrogens (tertiary/aromatic N) is 1. The molecule has 0 bridgehead atoms. The Hall–Kier alpha value is -0.500. The molecular formula is C12H15IN2O2S. The number of nitro benzene ring substituents is 1. The fraction of sp³-hybridized carbons (Fsp3) is 0.500. The summed E-state index contributed by atoms with van der Waals surface area (Å²) in [5.41, 5.74) is 0.811. The van der Waals surface area contributed by atoms with Crippen molar-refractivity contribution in [2.75, 3.05) is 23.4 Å². The maximum atomic E-state index is 11.0. The fourth-order valence-electron chi connectivity index (χ4n) is 2.01. The molecule has 1 aromatic carbocycles. The van der Waals surface area contributed by atoms with Crippen LogP contribution < -0.4 is 5.32 Å². The highest BCUT2D eigenvalue weighted by molar-refractivity contribution is 14.1. The monoisotopic (exact) mass is 378 g/mol. The number of nitro groups is 1. The molecule has 1 fully saturated rings. The van der Waals surface area contributed by atoms with Gasteiger partial charge in [-0.15, -0.1) is 0 Å². The van der Waals surface area contributed by atoms with Crippen molar-refractivity contribution in [3.63, 3.8) is 0 Å². The molecule has 2 rings (SSSR count). The Labute approximate surface area is 124 Å². The van der Waals surface area contributed by atoms with Crippen LogP contribution in [0.25, 0.3) is 0 Å². The molecule has 0 atom stereocenters. The summed E-state index contributed by atoms with van der Waals surface area (Å²) in [5, 5.41) is 14.2. The second-order valence-corrected chi connectivity index (χ2v) is 6.83. The van der Waals surface area contributed by atoms with Gasteiger partial charge in [-0.1, -0.05) is 0 Å². The molecule has 1 aliphatic heterocycles. The zero-order valence-corrected chi connectivity index (χ0v) is 12.9. The summed E-state index contributed by atoms with van der Waals surface area (Å²) in [6, 6.07) is 5.31. The van der Waals surface area contributed by atoms with Gasteiger partial charge in [0.1, 0.15) is 5.69 Å². The first kappa shape index (κ1) is 13.9. The number of hydrogen-bond donors (Lipinski definition) is 1. The van der Waals surface area contributed by atoms with Crippen LogP contribution in [0, 0.1) is 19.6 Å². The summed E-state index contributed by atoms with van der Waals surface area (Å²) in [7, 11) is 0. The van der Waals surface area contributed by atoms with Gasteiger partial charge >= 0.3 is 0 Å². The number of halogens is 1. The summed E-state index contributed by atoms with van der Waals surface area (Å²) in [4.78, 5) is 10.7. The maximum absolute atomic E-state index is 11.0. The molecule has 1 aromatic rings. The van der Waals surface area contributed by atoms with Crippen molar-refractivity contribution in [2.24, 2.45) is 5.92 Å². The van der Waals surface area contributed by atoms with Crippen molar-refractivity contribution in [3.8, 4) is 0 Å². The van der Waals surface area contributed by atoms with Crippen LogP contribution in [0.3, 0.4) is 0 Å². The van der Waals surface area contributed by atoms with Gasteiger partial charge in [0, 0.05) is 16.2 Å². The molecule has 18 heavy (non-hydrogen) atoms. The molecule has 0 amide bonds. The molecule has 1 N–H and O–H groups in total. The van der Waals surface area contributed by atoms with Crippen molar-refractivity contribution < 1.29 is 4.92 Å². The van der Waals surface area contributed by atoms with Gasteiger partial charge in [0.15, 0.2) is 0 Å². The van der Waals surface area contributed by atoms with Gasteiger partial charge in [-0.2, -0.15) is 11.8 Å². The Balaban J connectivity index is 2.01. The number of hydrogen-bond acceptors (Lipinski definition) is 4. The van der Waals surface area contributed by atoms with Gasteiger partial charge in [0.2, 0.25) is 0 Å². The van der Waals surface area contributed by atoms with Crippen molar-refractivity contribution in [2.45, 2.75) is 12.8 Å². The molecule has 1 saturated heterocycles. The highest BCUT2D eigenvalue weighted by atomic mass is 127. The third-order valence-electron chi connectivity index (χ3n) is 3.08. The van der Waals surface area contributed by atoms with Crippen LogP contribution >= 0.6 is 34.4 Å². The van der Waals surface area contributed by atoms with Crippen molar-refractivity contribution in [1.82, 2.24) is 0 Å². The summed E-state index contributed by atoms with van der Waals surface area (Å²) in [6.07, 6.45) is 2.41. The third-order valence-corrected chi connectivity index (χ3v) is 4.80. The normalized spacial score (nSPS) is 16.5. The first-order chi connectivity index (χ1) is 8.66. The van der Waals surface area contributed by atoms with Gasteiger partial charge in [-0.25, -0.2) is 0 Å². The van der Waals surface area contributed by atoms with Gasteiger partial charge in [0.05, 0.1) is 4.92 Å². The van der Waals surface area contributed by atoms with Gasteiger partial charge in [0.25, 0.3) is 5.69 Å². The molecule has 0 aliphatic carbocycles. The highest BCUT2D eigenvalue weighted by Gasteiger charge is 2.17. The lowest BCUT2D eigenvalue weighted by molar-refractivity contribution is -0.384. The number of anilines is 1. The van der Waals surface area contributed by atoms with Crippen LogP contribution in [-0.2, 0) is 0 Å². The van der Waals surface area contributed by atoms with Crippen LogP contribution in [0.5, 0.6) is 0 Å². The van der Waals surface area contributed by atoms with Gasteiger partial charge in [-0.3, -0.25) is 10.1 Å². The molecule has 0 aromatic heterocycles. The first-order valence-electron chi connectivity index (χ1n) is 5.92. The Morgan fingerprint density at radius 2 is 2.17 bits per heavy atom. The van der Waals surface area contributed by atoms with Gasteiger partial charge in [-0.05, 0) is 65.0 Å². The van der Waals surface area contributed by atoms with E-state index in [1.54, 1.807) is 12.1 Å². The van der Waals surface area contributed by atoms with Crippen LogP contribution in [0.2, 0.25) is 0 Å². The first-order valence-corrected chi connectivity index (χ1v) is 8.15. The lowest BCUT2D eigenvalue weighted by Crippen LogP contribution is -2.19. The quantitative estimate of drug-likeness (QED) is 0.493. The molecule has 0 radical (unpaired) electrons. The average molecular weight is 378 g/mol. The van der Waals surface area contributed by atoms with Crippen LogP contribution in [0.4, 0.5) is 11.4 Å². The van der Waals surface area contributed by atoms with Crippen LogP contribution in [-0.4, -0.2) is 23.0 Å². The van der Waals surface area contributed by atoms with E-state index >= 15 is 0 Å². The highest BCUT2D eigenvalue weighted by Crippen LogP contribution is 2.28. The van der Waals surface area contributed by atoms with E-state index in [1.807, 2.05) is 17.8 Å². The predicted molar refractivity (Wildman–Crippen MR) is 84.4 cm³/mol. The Morgan fingerprint density at radius 3 is 2.83 bits per heavy atom. The Morgan fingerprint density at radius 1 is 1.44 bits per heavy atom. The average Bonchev–Trinajstić information content (AvgIpc) is 2.38. The standard InChI is InChI=1S/C12H15IN2O2S/c13-10-1-2-11(12(7-10)15(16)17)14-8-9-3-5-18-6-4-9/h1-2,7,9,14H,3-6,8H2. The number of benzene rings is 1. The lowest BCUT2D eigenvalue weighted by atomic mass is 10.0. The molecule has 1 heterocycles. The molecule has 0 spiro atoms. The molecule has 0 saturated carbocycles. The summed E-state index contributed by atoms with van der Waals surface area (Å²) >= 11 is 4.09. The minimum atomic E-state index is -0.318. The Kier molecular flexibility index (Phi) is 5.11. The van der Waals surface area contributed by atoms with E-state index in [4.69, 9.17) is 0 Å².